The maximum absolute atomic E-state index is 11.1. The number of allylic oxidation sites excluding steroid dienone is 3. The molecule has 34 heavy (non-hydrogen) atoms. The van der Waals surface area contributed by atoms with Crippen LogP contribution >= 0.6 is 0 Å². The van der Waals surface area contributed by atoms with E-state index in [0.29, 0.717) is 29.6 Å². The fraction of sp³-hybridized carbons (Fsp3) is 0.857. The van der Waals surface area contributed by atoms with Crippen molar-refractivity contribution in [2.45, 2.75) is 98.5 Å². The standard InChI is InChI=1S/C28H46O4S.Na/c1-18(2)19(3)7-8-20(4)24-11-12-25-23-10-9-21-17-22(32-33(29,30)31)13-15-27(21,5)26(23)14-16-28(24,25)6;/h7-8,19-26H,1,9-17H2,2-6H3,(H,29,30,31);/q;+1/p-1/b8-7+;/t19?,20-,21?,22+,23+,24-,25+,26+,27+,28-;/m1./s1. The maximum atomic E-state index is 11.1. The van der Waals surface area contributed by atoms with Crippen LogP contribution in [0.15, 0.2) is 24.3 Å². The van der Waals surface area contributed by atoms with Gasteiger partial charge in [0.05, 0.1) is 6.10 Å². The molecule has 0 radical (unpaired) electrons. The van der Waals surface area contributed by atoms with Crippen molar-refractivity contribution in [3.8, 4) is 0 Å². The Morgan fingerprint density at radius 1 is 1.00 bits per heavy atom. The molecular formula is C28H45NaO4S. The Balaban J connectivity index is 0.00000324. The van der Waals surface area contributed by atoms with Crippen LogP contribution < -0.4 is 29.6 Å². The van der Waals surface area contributed by atoms with Crippen molar-refractivity contribution in [1.29, 1.82) is 0 Å². The summed E-state index contributed by atoms with van der Waals surface area (Å²) in [6, 6.07) is 0. The van der Waals surface area contributed by atoms with Crippen molar-refractivity contribution in [3.63, 3.8) is 0 Å². The van der Waals surface area contributed by atoms with Gasteiger partial charge in [-0.25, -0.2) is 8.42 Å². The van der Waals surface area contributed by atoms with E-state index in [2.05, 4.69) is 53.3 Å². The molecule has 0 saturated heterocycles. The predicted octanol–water partition coefficient (Wildman–Crippen LogP) is 3.90. The maximum Gasteiger partial charge on any atom is 1.00 e. The fourth-order valence-corrected chi connectivity index (χ4v) is 9.53. The fourth-order valence-electron chi connectivity index (χ4n) is 9.02. The first kappa shape index (κ1) is 28.9. The average Bonchev–Trinajstić information content (AvgIpc) is 3.08. The number of fused-ring (bicyclic) bond motifs is 5. The molecule has 0 N–H and O–H groups in total. The Hall–Kier alpha value is 0.350. The summed E-state index contributed by atoms with van der Waals surface area (Å²) in [4.78, 5) is 0. The van der Waals surface area contributed by atoms with E-state index >= 15 is 0 Å². The minimum atomic E-state index is -4.61. The molecule has 0 amide bonds. The van der Waals surface area contributed by atoms with Gasteiger partial charge in [0.2, 0.25) is 10.4 Å². The van der Waals surface area contributed by atoms with Crippen LogP contribution in [0, 0.1) is 52.3 Å². The summed E-state index contributed by atoms with van der Waals surface area (Å²) in [6.07, 6.45) is 14.6. The molecule has 0 bridgehead atoms. The van der Waals surface area contributed by atoms with Gasteiger partial charge in [0.1, 0.15) is 0 Å². The third-order valence-electron chi connectivity index (χ3n) is 11.1. The van der Waals surface area contributed by atoms with Crippen molar-refractivity contribution in [1.82, 2.24) is 0 Å². The summed E-state index contributed by atoms with van der Waals surface area (Å²) in [5.41, 5.74) is 1.92. The summed E-state index contributed by atoms with van der Waals surface area (Å²) in [5, 5.41) is 0. The second-order valence-corrected chi connectivity index (χ2v) is 13.7. The molecule has 188 valence electrons. The first-order chi connectivity index (χ1) is 15.3. The molecule has 0 aromatic carbocycles. The van der Waals surface area contributed by atoms with Gasteiger partial charge in [0.25, 0.3) is 0 Å². The van der Waals surface area contributed by atoms with Crippen LogP contribution in [-0.2, 0) is 14.6 Å². The minimum absolute atomic E-state index is 0. The molecule has 6 heteroatoms. The molecule has 4 nitrogen and oxygen atoms in total. The van der Waals surface area contributed by atoms with Gasteiger partial charge in [-0.1, -0.05) is 52.0 Å². The molecular weight excluding hydrogens is 455 g/mol. The average molecular weight is 501 g/mol. The first-order valence-electron chi connectivity index (χ1n) is 13.3. The van der Waals surface area contributed by atoms with E-state index in [1.165, 1.54) is 37.7 Å². The van der Waals surface area contributed by atoms with Gasteiger partial charge in [-0.2, -0.15) is 0 Å². The van der Waals surface area contributed by atoms with Gasteiger partial charge in [-0.05, 0) is 117 Å². The molecule has 4 fully saturated rings. The SMILES string of the molecule is C=C(C)C(C)/C=C/[C@@H](C)[C@H]1CC[C@H]2[C@@H]3CCC4C[C@@H](OS(=O)(=O)[O-])CC[C@]4(C)[C@H]3CC[C@]12C.[Na+]. The topological polar surface area (TPSA) is 66.4 Å². The van der Waals surface area contributed by atoms with Crippen LogP contribution in [0.25, 0.3) is 0 Å². The third-order valence-corrected chi connectivity index (χ3v) is 11.6. The summed E-state index contributed by atoms with van der Waals surface area (Å²) in [6.45, 7) is 16.0. The van der Waals surface area contributed by atoms with E-state index in [4.69, 9.17) is 4.18 Å². The van der Waals surface area contributed by atoms with Crippen LogP contribution in [0.3, 0.4) is 0 Å². The van der Waals surface area contributed by atoms with E-state index in [0.717, 1.165) is 42.9 Å². The smallest absolute Gasteiger partial charge is 0.726 e. The first-order valence-corrected chi connectivity index (χ1v) is 14.7. The predicted molar refractivity (Wildman–Crippen MR) is 132 cm³/mol. The van der Waals surface area contributed by atoms with Gasteiger partial charge >= 0.3 is 29.6 Å². The van der Waals surface area contributed by atoms with Crippen LogP contribution in [0.2, 0.25) is 0 Å². The van der Waals surface area contributed by atoms with Crippen molar-refractivity contribution < 1.29 is 46.7 Å². The molecule has 0 spiro atoms. The molecule has 4 saturated carbocycles. The zero-order valence-corrected chi connectivity index (χ0v) is 25.2. The van der Waals surface area contributed by atoms with E-state index in [-0.39, 0.29) is 35.0 Å². The van der Waals surface area contributed by atoms with Gasteiger partial charge in [-0.3, -0.25) is 4.18 Å². The van der Waals surface area contributed by atoms with Crippen molar-refractivity contribution in [2.24, 2.45) is 52.3 Å². The molecule has 2 unspecified atom stereocenters. The Bertz CT molecular complexity index is 885. The molecule has 10 atom stereocenters. The molecule has 0 heterocycles. The van der Waals surface area contributed by atoms with E-state index in [9.17, 15) is 13.0 Å². The Morgan fingerprint density at radius 2 is 1.65 bits per heavy atom. The summed E-state index contributed by atoms with van der Waals surface area (Å²) >= 11 is 0. The van der Waals surface area contributed by atoms with Crippen molar-refractivity contribution >= 4 is 10.4 Å². The van der Waals surface area contributed by atoms with Crippen molar-refractivity contribution in [2.75, 3.05) is 0 Å². The van der Waals surface area contributed by atoms with Crippen LogP contribution in [0.4, 0.5) is 0 Å². The molecule has 0 aliphatic heterocycles. The summed E-state index contributed by atoms with van der Waals surface area (Å²) in [7, 11) is -4.61. The molecule has 0 aromatic heterocycles. The number of hydrogen-bond donors (Lipinski definition) is 0. The van der Waals surface area contributed by atoms with Gasteiger partial charge in [-0.15, -0.1) is 0 Å². The normalized spacial score (nSPS) is 43.8. The second-order valence-electron chi connectivity index (χ2n) is 12.7. The van der Waals surface area contributed by atoms with Crippen LogP contribution in [0.5, 0.6) is 0 Å². The third kappa shape index (κ3) is 5.45. The Morgan fingerprint density at radius 3 is 2.29 bits per heavy atom. The summed E-state index contributed by atoms with van der Waals surface area (Å²) in [5.74, 6) is 4.61. The van der Waals surface area contributed by atoms with Gasteiger partial charge in [0, 0.05) is 0 Å². The van der Waals surface area contributed by atoms with Crippen LogP contribution in [-0.4, -0.2) is 19.1 Å². The van der Waals surface area contributed by atoms with E-state index in [1.807, 2.05) is 0 Å². The Kier molecular flexibility index (Phi) is 9.02. The van der Waals surface area contributed by atoms with Gasteiger partial charge < -0.3 is 4.55 Å². The monoisotopic (exact) mass is 500 g/mol. The molecule has 0 aromatic rings. The van der Waals surface area contributed by atoms with Crippen molar-refractivity contribution in [3.05, 3.63) is 24.3 Å². The molecule has 4 aliphatic carbocycles. The number of hydrogen-bond acceptors (Lipinski definition) is 4. The van der Waals surface area contributed by atoms with E-state index in [1.54, 1.807) is 0 Å². The Labute approximate surface area is 231 Å². The van der Waals surface area contributed by atoms with E-state index < -0.39 is 16.5 Å². The summed E-state index contributed by atoms with van der Waals surface area (Å²) < 4.78 is 38.3. The second kappa shape index (κ2) is 10.6. The molecule has 4 rings (SSSR count). The largest absolute Gasteiger partial charge is 1.00 e. The van der Waals surface area contributed by atoms with Gasteiger partial charge in [0.15, 0.2) is 0 Å². The molecule has 4 aliphatic rings. The minimum Gasteiger partial charge on any atom is -0.726 e. The zero-order chi connectivity index (χ0) is 24.2. The number of rotatable bonds is 6. The van der Waals surface area contributed by atoms with Crippen LogP contribution in [0.1, 0.15) is 92.4 Å². The quantitative estimate of drug-likeness (QED) is 0.240. The zero-order valence-electron chi connectivity index (χ0n) is 22.4.